The quantitative estimate of drug-likeness (QED) is 0.565. The molecule has 0 atom stereocenters. The number of aromatic hydroxyl groups is 1. The van der Waals surface area contributed by atoms with Crippen LogP contribution in [0.5, 0.6) is 5.75 Å². The topological polar surface area (TPSA) is 74.2 Å². The Morgan fingerprint density at radius 3 is 2.30 bits per heavy atom. The van der Waals surface area contributed by atoms with Crippen LogP contribution in [0.15, 0.2) is 30.3 Å². The van der Waals surface area contributed by atoms with Gasteiger partial charge in [0.2, 0.25) is 0 Å². The van der Waals surface area contributed by atoms with Crippen molar-refractivity contribution in [2.24, 2.45) is 0 Å². The van der Waals surface area contributed by atoms with Gasteiger partial charge in [0.25, 0.3) is 0 Å². The number of phenols is 1. The van der Waals surface area contributed by atoms with E-state index in [0.717, 1.165) is 35.3 Å². The molecule has 6 heteroatoms. The first kappa shape index (κ1) is 22.1. The largest absolute Gasteiger partial charge is 0.507 e. The lowest BCUT2D eigenvalue weighted by atomic mass is 9.79. The van der Waals surface area contributed by atoms with Gasteiger partial charge >= 0.3 is 0 Å². The molecule has 2 N–H and O–H groups in total. The highest BCUT2D eigenvalue weighted by Gasteiger charge is 2.39. The van der Waals surface area contributed by atoms with Crippen LogP contribution in [-0.2, 0) is 0 Å². The van der Waals surface area contributed by atoms with E-state index < -0.39 is 0 Å². The Kier molecular flexibility index (Phi) is 5.12. The van der Waals surface area contributed by atoms with Crippen molar-refractivity contribution in [3.63, 3.8) is 0 Å². The fourth-order valence-electron chi connectivity index (χ4n) is 5.75. The van der Waals surface area contributed by atoms with Gasteiger partial charge in [-0.1, -0.05) is 0 Å². The Balaban J connectivity index is 1.45. The average Bonchev–Trinajstić information content (AvgIpc) is 3.55. The molecule has 0 spiro atoms. The second kappa shape index (κ2) is 7.66. The first-order valence-electron chi connectivity index (χ1n) is 12.0. The number of hydrogen-bond donors (Lipinski definition) is 2. The van der Waals surface area contributed by atoms with Gasteiger partial charge in [0.15, 0.2) is 5.82 Å². The molecule has 5 rings (SSSR count). The molecule has 174 valence electrons. The van der Waals surface area contributed by atoms with E-state index in [-0.39, 0.29) is 16.8 Å². The Labute approximate surface area is 196 Å². The zero-order valence-corrected chi connectivity index (χ0v) is 20.6. The first-order chi connectivity index (χ1) is 15.5. The number of benzene rings is 1. The van der Waals surface area contributed by atoms with Gasteiger partial charge in [0.1, 0.15) is 5.75 Å². The van der Waals surface area contributed by atoms with Crippen LogP contribution < -0.4 is 10.2 Å². The SMILES string of the molecule is Cc1cc(C2CC2)c2cc(-c3ccc(N(C)C4CC(C)(C)NC(C)(C)C4)nn3)c(O)cc2n1. The van der Waals surface area contributed by atoms with E-state index in [1.165, 1.54) is 18.4 Å². The fourth-order valence-corrected chi connectivity index (χ4v) is 5.75. The first-order valence-corrected chi connectivity index (χ1v) is 12.0. The van der Waals surface area contributed by atoms with E-state index in [9.17, 15) is 5.11 Å². The number of anilines is 1. The summed E-state index contributed by atoms with van der Waals surface area (Å²) >= 11 is 0. The molecule has 1 saturated carbocycles. The van der Waals surface area contributed by atoms with Gasteiger partial charge in [-0.15, -0.1) is 10.2 Å². The number of nitrogens with zero attached hydrogens (tertiary/aromatic N) is 4. The molecular weight excluding hydrogens is 410 g/mol. The summed E-state index contributed by atoms with van der Waals surface area (Å²) in [6.45, 7) is 11.1. The number of hydrogen-bond acceptors (Lipinski definition) is 6. The Morgan fingerprint density at radius 2 is 1.70 bits per heavy atom. The zero-order chi connectivity index (χ0) is 23.5. The second-order valence-corrected chi connectivity index (χ2v) is 11.4. The van der Waals surface area contributed by atoms with Crippen molar-refractivity contribution < 1.29 is 5.11 Å². The molecule has 1 saturated heterocycles. The number of nitrogens with one attached hydrogen (secondary N) is 1. The van der Waals surface area contributed by atoms with E-state index in [1.54, 1.807) is 6.07 Å². The van der Waals surface area contributed by atoms with Gasteiger partial charge in [-0.25, -0.2) is 0 Å². The summed E-state index contributed by atoms with van der Waals surface area (Å²) < 4.78 is 0. The van der Waals surface area contributed by atoms with Crippen LogP contribution in [0.1, 0.15) is 70.6 Å². The summed E-state index contributed by atoms with van der Waals surface area (Å²) in [4.78, 5) is 6.90. The van der Waals surface area contributed by atoms with Gasteiger partial charge in [-0.3, -0.25) is 4.98 Å². The highest BCUT2D eigenvalue weighted by Crippen LogP contribution is 2.45. The minimum Gasteiger partial charge on any atom is -0.507 e. The Morgan fingerprint density at radius 1 is 1.00 bits per heavy atom. The fraction of sp³-hybridized carbons (Fsp3) is 0.519. The molecule has 2 aliphatic rings. The highest BCUT2D eigenvalue weighted by atomic mass is 16.3. The summed E-state index contributed by atoms with van der Waals surface area (Å²) in [6, 6.07) is 10.4. The van der Waals surface area contributed by atoms with Crippen molar-refractivity contribution in [3.05, 3.63) is 41.6 Å². The van der Waals surface area contributed by atoms with Crippen molar-refractivity contribution in [2.75, 3.05) is 11.9 Å². The maximum atomic E-state index is 10.8. The van der Waals surface area contributed by atoms with Crippen molar-refractivity contribution in [1.82, 2.24) is 20.5 Å². The molecule has 0 amide bonds. The average molecular weight is 446 g/mol. The maximum absolute atomic E-state index is 10.8. The van der Waals surface area contributed by atoms with E-state index in [4.69, 9.17) is 0 Å². The van der Waals surface area contributed by atoms with Crippen molar-refractivity contribution in [2.45, 2.75) is 83.3 Å². The minimum absolute atomic E-state index is 0.0661. The normalized spacial score (nSPS) is 20.2. The molecule has 0 bridgehead atoms. The molecule has 1 aromatic carbocycles. The molecular formula is C27H35N5O. The van der Waals surface area contributed by atoms with Crippen LogP contribution in [-0.4, -0.2) is 44.5 Å². The summed E-state index contributed by atoms with van der Waals surface area (Å²) in [5.41, 5.74) is 4.69. The van der Waals surface area contributed by atoms with E-state index in [1.807, 2.05) is 25.1 Å². The molecule has 2 fully saturated rings. The number of aromatic nitrogens is 3. The Bertz CT molecular complexity index is 1180. The zero-order valence-electron chi connectivity index (χ0n) is 20.6. The third kappa shape index (κ3) is 4.41. The lowest BCUT2D eigenvalue weighted by molar-refractivity contribution is 0.160. The molecule has 1 aliphatic heterocycles. The van der Waals surface area contributed by atoms with E-state index in [2.05, 4.69) is 66.2 Å². The van der Waals surface area contributed by atoms with Crippen molar-refractivity contribution in [3.8, 4) is 17.0 Å². The predicted octanol–water partition coefficient (Wildman–Crippen LogP) is 5.33. The van der Waals surface area contributed by atoms with Crippen LogP contribution in [0.2, 0.25) is 0 Å². The van der Waals surface area contributed by atoms with Crippen LogP contribution in [0, 0.1) is 6.92 Å². The lowest BCUT2D eigenvalue weighted by Gasteiger charge is -2.49. The molecule has 1 aliphatic carbocycles. The number of phenolic OH excluding ortho intramolecular Hbond substituents is 1. The minimum atomic E-state index is 0.0661. The number of rotatable bonds is 4. The number of aryl methyl sites for hydroxylation is 1. The third-order valence-corrected chi connectivity index (χ3v) is 7.11. The van der Waals surface area contributed by atoms with Crippen LogP contribution in [0.3, 0.4) is 0 Å². The third-order valence-electron chi connectivity index (χ3n) is 7.11. The molecule has 3 heterocycles. The molecule has 2 aromatic heterocycles. The lowest BCUT2D eigenvalue weighted by Crippen LogP contribution is -2.62. The van der Waals surface area contributed by atoms with Gasteiger partial charge in [-0.2, -0.15) is 0 Å². The number of fused-ring (bicyclic) bond motifs is 1. The van der Waals surface area contributed by atoms with Crippen molar-refractivity contribution >= 4 is 16.7 Å². The van der Waals surface area contributed by atoms with E-state index in [0.29, 0.717) is 23.2 Å². The second-order valence-electron chi connectivity index (χ2n) is 11.4. The summed E-state index contributed by atoms with van der Waals surface area (Å²) in [6.07, 6.45) is 4.52. The predicted molar refractivity (Wildman–Crippen MR) is 134 cm³/mol. The maximum Gasteiger partial charge on any atom is 0.151 e. The smallest absolute Gasteiger partial charge is 0.151 e. The summed E-state index contributed by atoms with van der Waals surface area (Å²) in [5, 5.41) is 24.7. The molecule has 3 aromatic rings. The molecule has 0 radical (unpaired) electrons. The number of pyridine rings is 1. The van der Waals surface area contributed by atoms with Gasteiger partial charge in [0.05, 0.1) is 11.2 Å². The van der Waals surface area contributed by atoms with Crippen LogP contribution >= 0.6 is 0 Å². The summed E-state index contributed by atoms with van der Waals surface area (Å²) in [5.74, 6) is 1.65. The van der Waals surface area contributed by atoms with Crippen LogP contribution in [0.4, 0.5) is 5.82 Å². The molecule has 33 heavy (non-hydrogen) atoms. The Hall–Kier alpha value is -2.73. The van der Waals surface area contributed by atoms with Crippen LogP contribution in [0.25, 0.3) is 22.2 Å². The number of piperidine rings is 1. The van der Waals surface area contributed by atoms with Gasteiger partial charge < -0.3 is 15.3 Å². The standard InChI is InChI=1S/C27H35N5O/c1-16-11-19(17-7-8-17)20-12-21(24(33)13-23(20)28-16)22-9-10-25(30-29-22)32(6)18-14-26(2,3)31-27(4,5)15-18/h9-13,17-18,31,33H,7-8,14-15H2,1-6H3. The summed E-state index contributed by atoms with van der Waals surface area (Å²) in [7, 11) is 2.11. The van der Waals surface area contributed by atoms with Gasteiger partial charge in [0, 0.05) is 46.9 Å². The van der Waals surface area contributed by atoms with Gasteiger partial charge in [-0.05, 0) is 96.0 Å². The highest BCUT2D eigenvalue weighted by molar-refractivity contribution is 5.90. The molecule has 0 unspecified atom stereocenters. The van der Waals surface area contributed by atoms with E-state index >= 15 is 0 Å². The monoisotopic (exact) mass is 445 g/mol. The van der Waals surface area contributed by atoms with Crippen molar-refractivity contribution in [1.29, 1.82) is 0 Å². The molecule has 6 nitrogen and oxygen atoms in total.